The summed E-state index contributed by atoms with van der Waals surface area (Å²) in [5, 5.41) is 3.33. The number of aromatic nitrogens is 1. The predicted octanol–water partition coefficient (Wildman–Crippen LogP) is 2.60. The number of hydrogen-bond donors (Lipinski definition) is 1. The Morgan fingerprint density at radius 3 is 2.17 bits per heavy atom. The summed E-state index contributed by atoms with van der Waals surface area (Å²) in [6.07, 6.45) is 1.52. The van der Waals surface area contributed by atoms with Crippen LogP contribution in [0.1, 0.15) is 18.1 Å². The van der Waals surface area contributed by atoms with Crippen molar-refractivity contribution in [3.63, 3.8) is 0 Å². The van der Waals surface area contributed by atoms with E-state index in [4.69, 9.17) is 0 Å². The molecule has 0 spiro atoms. The van der Waals surface area contributed by atoms with Crippen LogP contribution in [-0.2, 0) is 5.54 Å². The molecule has 0 aliphatic carbocycles. The minimum atomic E-state index is -0.499. The van der Waals surface area contributed by atoms with Crippen LogP contribution in [-0.4, -0.2) is 11.0 Å². The molecule has 2 nitrogen and oxygen atoms in total. The molecule has 2 heterocycles. The second-order valence-electron chi connectivity index (χ2n) is 4.55. The first-order chi connectivity index (χ1) is 8.63. The standard InChI is InChI=1S/C14H12F2N2/c1-9-14(18-9,10-2-5-12(15)6-3-10)11-4-7-13(16)17-8-11/h2-9,18H,1H3/t9-,14+/m0/s1. The molecule has 1 aromatic carbocycles. The second kappa shape index (κ2) is 3.85. The third-order valence-corrected chi connectivity index (χ3v) is 3.49. The van der Waals surface area contributed by atoms with Gasteiger partial charge in [-0.15, -0.1) is 0 Å². The summed E-state index contributed by atoms with van der Waals surface area (Å²) in [4.78, 5) is 3.68. The first-order valence-electron chi connectivity index (χ1n) is 5.79. The van der Waals surface area contributed by atoms with Crippen LogP contribution in [0.2, 0.25) is 0 Å². The minimum Gasteiger partial charge on any atom is -0.297 e. The quantitative estimate of drug-likeness (QED) is 0.653. The molecule has 0 bridgehead atoms. The fraction of sp³-hybridized carbons (Fsp3) is 0.214. The molecule has 0 unspecified atom stereocenters. The molecule has 4 heteroatoms. The number of rotatable bonds is 2. The smallest absolute Gasteiger partial charge is 0.212 e. The Labute approximate surface area is 104 Å². The fourth-order valence-corrected chi connectivity index (χ4v) is 2.46. The molecule has 2 atom stereocenters. The number of halogens is 2. The number of nitrogens with one attached hydrogen (secondary N) is 1. The van der Waals surface area contributed by atoms with Crippen LogP contribution >= 0.6 is 0 Å². The number of pyridine rings is 1. The molecule has 92 valence electrons. The van der Waals surface area contributed by atoms with Gasteiger partial charge in [-0.2, -0.15) is 4.39 Å². The monoisotopic (exact) mass is 246 g/mol. The van der Waals surface area contributed by atoms with Gasteiger partial charge in [0.15, 0.2) is 0 Å². The molecule has 3 rings (SSSR count). The molecule has 0 saturated carbocycles. The highest BCUT2D eigenvalue weighted by atomic mass is 19.1. The van der Waals surface area contributed by atoms with Gasteiger partial charge in [-0.3, -0.25) is 5.32 Å². The molecule has 1 aliphatic heterocycles. The molecule has 2 aromatic rings. The Hall–Kier alpha value is -1.81. The summed E-state index contributed by atoms with van der Waals surface area (Å²) in [7, 11) is 0. The Bertz CT molecular complexity index is 518. The van der Waals surface area contributed by atoms with Gasteiger partial charge in [0.05, 0.1) is 5.54 Å². The van der Waals surface area contributed by atoms with E-state index >= 15 is 0 Å². The zero-order valence-corrected chi connectivity index (χ0v) is 9.82. The van der Waals surface area contributed by atoms with E-state index in [1.807, 2.05) is 6.92 Å². The number of nitrogens with zero attached hydrogens (tertiary/aromatic N) is 1. The van der Waals surface area contributed by atoms with Crippen molar-refractivity contribution in [1.82, 2.24) is 10.3 Å². The van der Waals surface area contributed by atoms with Crippen LogP contribution in [0.15, 0.2) is 42.6 Å². The minimum absolute atomic E-state index is 0.218. The second-order valence-corrected chi connectivity index (χ2v) is 4.55. The maximum atomic E-state index is 13.0. The average molecular weight is 246 g/mol. The van der Waals surface area contributed by atoms with Gasteiger partial charge in [0.2, 0.25) is 5.95 Å². The van der Waals surface area contributed by atoms with Crippen molar-refractivity contribution < 1.29 is 8.78 Å². The summed E-state index contributed by atoms with van der Waals surface area (Å²) in [5.74, 6) is -0.763. The Kier molecular flexibility index (Phi) is 2.41. The van der Waals surface area contributed by atoms with E-state index in [2.05, 4.69) is 10.3 Å². The molecular formula is C14H12F2N2. The van der Waals surface area contributed by atoms with Crippen molar-refractivity contribution in [3.8, 4) is 0 Å². The largest absolute Gasteiger partial charge is 0.297 e. The van der Waals surface area contributed by atoms with Gasteiger partial charge in [0.1, 0.15) is 5.82 Å². The van der Waals surface area contributed by atoms with Crippen LogP contribution in [0.5, 0.6) is 0 Å². The topological polar surface area (TPSA) is 34.8 Å². The summed E-state index contributed by atoms with van der Waals surface area (Å²) in [6.45, 7) is 2.03. The maximum Gasteiger partial charge on any atom is 0.212 e. The summed E-state index contributed by atoms with van der Waals surface area (Å²) in [6, 6.07) is 9.62. The van der Waals surface area contributed by atoms with Gasteiger partial charge in [-0.05, 0) is 36.2 Å². The van der Waals surface area contributed by atoms with E-state index in [9.17, 15) is 8.78 Å². The van der Waals surface area contributed by atoms with Gasteiger partial charge >= 0.3 is 0 Å². The molecule has 1 saturated heterocycles. The van der Waals surface area contributed by atoms with Gasteiger partial charge in [0.25, 0.3) is 0 Å². The van der Waals surface area contributed by atoms with E-state index in [0.29, 0.717) is 0 Å². The first kappa shape index (κ1) is 11.3. The van der Waals surface area contributed by atoms with Crippen molar-refractivity contribution in [2.24, 2.45) is 0 Å². The highest BCUT2D eigenvalue weighted by Crippen LogP contribution is 2.43. The van der Waals surface area contributed by atoms with Crippen molar-refractivity contribution >= 4 is 0 Å². The van der Waals surface area contributed by atoms with Crippen molar-refractivity contribution in [3.05, 3.63) is 65.5 Å². The normalized spacial score (nSPS) is 26.1. The maximum absolute atomic E-state index is 13.0. The van der Waals surface area contributed by atoms with Gasteiger partial charge in [-0.1, -0.05) is 18.2 Å². The van der Waals surface area contributed by atoms with E-state index in [-0.39, 0.29) is 17.4 Å². The summed E-state index contributed by atoms with van der Waals surface area (Å²) in [5.41, 5.74) is 1.49. The Morgan fingerprint density at radius 1 is 1.06 bits per heavy atom. The molecule has 1 aliphatic rings. The van der Waals surface area contributed by atoms with Crippen LogP contribution in [0.4, 0.5) is 8.78 Å². The van der Waals surface area contributed by atoms with Crippen LogP contribution < -0.4 is 5.32 Å². The molecule has 1 aromatic heterocycles. The summed E-state index contributed by atoms with van der Waals surface area (Å²) < 4.78 is 25.8. The molecule has 0 radical (unpaired) electrons. The van der Waals surface area contributed by atoms with E-state index < -0.39 is 5.95 Å². The van der Waals surface area contributed by atoms with E-state index in [1.165, 1.54) is 24.4 Å². The van der Waals surface area contributed by atoms with Gasteiger partial charge in [-0.25, -0.2) is 9.37 Å². The number of benzene rings is 1. The van der Waals surface area contributed by atoms with E-state index in [0.717, 1.165) is 11.1 Å². The van der Waals surface area contributed by atoms with Gasteiger partial charge < -0.3 is 0 Å². The lowest BCUT2D eigenvalue weighted by Crippen LogP contribution is -2.16. The van der Waals surface area contributed by atoms with Crippen molar-refractivity contribution in [2.75, 3.05) is 0 Å². The molecule has 0 amide bonds. The molecule has 1 fully saturated rings. The lowest BCUT2D eigenvalue weighted by atomic mass is 9.89. The van der Waals surface area contributed by atoms with Crippen LogP contribution in [0.3, 0.4) is 0 Å². The highest BCUT2D eigenvalue weighted by Gasteiger charge is 2.53. The lowest BCUT2D eigenvalue weighted by molar-refractivity contribution is 0.580. The van der Waals surface area contributed by atoms with Crippen molar-refractivity contribution in [2.45, 2.75) is 18.5 Å². The summed E-state index contributed by atoms with van der Waals surface area (Å²) >= 11 is 0. The Morgan fingerprint density at radius 2 is 1.67 bits per heavy atom. The van der Waals surface area contributed by atoms with Crippen molar-refractivity contribution in [1.29, 1.82) is 0 Å². The molecule has 1 N–H and O–H groups in total. The van der Waals surface area contributed by atoms with Gasteiger partial charge in [0, 0.05) is 12.2 Å². The van der Waals surface area contributed by atoms with Crippen LogP contribution in [0.25, 0.3) is 0 Å². The highest BCUT2D eigenvalue weighted by molar-refractivity contribution is 5.46. The zero-order chi connectivity index (χ0) is 12.8. The van der Waals surface area contributed by atoms with Crippen LogP contribution in [0, 0.1) is 11.8 Å². The third kappa shape index (κ3) is 1.61. The lowest BCUT2D eigenvalue weighted by Gasteiger charge is -2.15. The first-order valence-corrected chi connectivity index (χ1v) is 5.79. The SMILES string of the molecule is C[C@@H]1N[C@]1(c1ccc(F)cc1)c1ccc(F)nc1. The predicted molar refractivity (Wildman–Crippen MR) is 64.0 cm³/mol. The molecular weight excluding hydrogens is 234 g/mol. The molecule has 18 heavy (non-hydrogen) atoms. The fourth-order valence-electron chi connectivity index (χ4n) is 2.46. The number of hydrogen-bond acceptors (Lipinski definition) is 2. The van der Waals surface area contributed by atoms with E-state index in [1.54, 1.807) is 18.2 Å². The zero-order valence-electron chi connectivity index (χ0n) is 9.82. The average Bonchev–Trinajstić information content (AvgIpc) is 3.04. The Balaban J connectivity index is 2.06. The third-order valence-electron chi connectivity index (χ3n) is 3.49.